The quantitative estimate of drug-likeness (QED) is 0.567. The van der Waals surface area contributed by atoms with Crippen LogP contribution in [0.5, 0.6) is 0 Å². The monoisotopic (exact) mass is 274 g/mol. The number of benzene rings is 1. The van der Waals surface area contributed by atoms with E-state index >= 15 is 0 Å². The van der Waals surface area contributed by atoms with Crippen LogP contribution in [0, 0.1) is 0 Å². The Balaban J connectivity index is 2.23. The molecule has 1 aromatic carbocycles. The zero-order valence-corrected chi connectivity index (χ0v) is 10.5. The van der Waals surface area contributed by atoms with Crippen LogP contribution in [-0.4, -0.2) is 15.1 Å². The minimum Gasteiger partial charge on any atom is -0.351 e. The van der Waals surface area contributed by atoms with Crippen LogP contribution in [0.3, 0.4) is 0 Å². The van der Waals surface area contributed by atoms with Gasteiger partial charge < -0.3 is 10.6 Å². The number of nitrogens with one attached hydrogen (secondary N) is 4. The van der Waals surface area contributed by atoms with E-state index in [-0.39, 0.29) is 6.04 Å². The highest BCUT2D eigenvalue weighted by molar-refractivity contribution is 7.80. The second kappa shape index (κ2) is 4.36. The van der Waals surface area contributed by atoms with Crippen molar-refractivity contribution in [3.05, 3.63) is 62.3 Å². The number of fused-ring (bicyclic) bond motifs is 1. The largest absolute Gasteiger partial charge is 0.351 e. The number of aromatic amines is 2. The van der Waals surface area contributed by atoms with Gasteiger partial charge in [-0.1, -0.05) is 30.3 Å². The van der Waals surface area contributed by atoms with E-state index in [0.717, 1.165) is 5.56 Å². The summed E-state index contributed by atoms with van der Waals surface area (Å²) >= 11 is 5.09. The summed E-state index contributed by atoms with van der Waals surface area (Å²) in [5, 5.41) is 6.18. The minimum absolute atomic E-state index is 0.339. The molecule has 0 fully saturated rings. The molecular formula is C12H10N4O2S. The Hall–Kier alpha value is -2.41. The number of rotatable bonds is 1. The summed E-state index contributed by atoms with van der Waals surface area (Å²) in [6.07, 6.45) is 0. The summed E-state index contributed by atoms with van der Waals surface area (Å²) in [5.41, 5.74) is 0.312. The molecule has 0 spiro atoms. The highest BCUT2D eigenvalue weighted by Gasteiger charge is 2.27. The molecule has 4 N–H and O–H groups in total. The van der Waals surface area contributed by atoms with E-state index < -0.39 is 11.2 Å². The molecular weight excluding hydrogens is 264 g/mol. The maximum atomic E-state index is 12.0. The van der Waals surface area contributed by atoms with E-state index in [4.69, 9.17) is 12.2 Å². The van der Waals surface area contributed by atoms with Crippen LogP contribution in [0.2, 0.25) is 0 Å². The molecule has 3 rings (SSSR count). The molecule has 1 aliphatic rings. The molecule has 0 radical (unpaired) electrons. The Labute approximate surface area is 112 Å². The van der Waals surface area contributed by atoms with Gasteiger partial charge in [-0.25, -0.2) is 4.79 Å². The predicted molar refractivity (Wildman–Crippen MR) is 75.3 cm³/mol. The van der Waals surface area contributed by atoms with Gasteiger partial charge in [0.1, 0.15) is 5.82 Å². The van der Waals surface area contributed by atoms with Gasteiger partial charge in [0.2, 0.25) is 0 Å². The zero-order valence-electron chi connectivity index (χ0n) is 9.69. The van der Waals surface area contributed by atoms with E-state index in [9.17, 15) is 9.59 Å². The molecule has 1 aromatic heterocycles. The van der Waals surface area contributed by atoms with Crippen LogP contribution in [0.25, 0.3) is 0 Å². The van der Waals surface area contributed by atoms with Crippen molar-refractivity contribution < 1.29 is 0 Å². The Morgan fingerprint density at radius 3 is 2.53 bits per heavy atom. The Morgan fingerprint density at radius 1 is 1.05 bits per heavy atom. The maximum absolute atomic E-state index is 12.0. The SMILES string of the molecule is O=c1[nH]c2c(c(=O)[nH]1)C(c1ccccc1)NC(=S)N2. The number of hydrogen-bond donors (Lipinski definition) is 4. The molecule has 0 saturated carbocycles. The third kappa shape index (κ3) is 2.04. The lowest BCUT2D eigenvalue weighted by atomic mass is 9.99. The molecule has 0 amide bonds. The Morgan fingerprint density at radius 2 is 1.79 bits per heavy atom. The van der Waals surface area contributed by atoms with E-state index in [1.807, 2.05) is 30.3 Å². The first kappa shape index (κ1) is 11.7. The highest BCUT2D eigenvalue weighted by atomic mass is 32.1. The highest BCUT2D eigenvalue weighted by Crippen LogP contribution is 2.26. The van der Waals surface area contributed by atoms with Gasteiger partial charge in [0.05, 0.1) is 11.6 Å². The van der Waals surface area contributed by atoms with Gasteiger partial charge in [-0.05, 0) is 17.8 Å². The van der Waals surface area contributed by atoms with Crippen LogP contribution < -0.4 is 21.9 Å². The fraction of sp³-hybridized carbons (Fsp3) is 0.0833. The maximum Gasteiger partial charge on any atom is 0.327 e. The fourth-order valence-corrected chi connectivity index (χ4v) is 2.34. The van der Waals surface area contributed by atoms with Crippen molar-refractivity contribution in [2.45, 2.75) is 6.04 Å². The molecule has 96 valence electrons. The van der Waals surface area contributed by atoms with Gasteiger partial charge in [-0.15, -0.1) is 0 Å². The molecule has 6 nitrogen and oxygen atoms in total. The average Bonchev–Trinajstić information content (AvgIpc) is 2.38. The van der Waals surface area contributed by atoms with E-state index in [0.29, 0.717) is 16.5 Å². The van der Waals surface area contributed by atoms with Crippen molar-refractivity contribution >= 4 is 23.1 Å². The Kier molecular flexibility index (Phi) is 2.68. The fourth-order valence-electron chi connectivity index (χ4n) is 2.12. The smallest absolute Gasteiger partial charge is 0.327 e. The van der Waals surface area contributed by atoms with E-state index in [2.05, 4.69) is 20.6 Å². The summed E-state index contributed by atoms with van der Waals surface area (Å²) < 4.78 is 0. The molecule has 2 heterocycles. The Bertz CT molecular complexity index is 750. The topological polar surface area (TPSA) is 89.8 Å². The van der Waals surface area contributed by atoms with Crippen molar-refractivity contribution in [3.8, 4) is 0 Å². The van der Waals surface area contributed by atoms with E-state index in [1.54, 1.807) is 0 Å². The third-order valence-corrected chi connectivity index (χ3v) is 3.14. The summed E-state index contributed by atoms with van der Waals surface area (Å²) in [5.74, 6) is 0.339. The van der Waals surface area contributed by atoms with Crippen molar-refractivity contribution in [2.24, 2.45) is 0 Å². The molecule has 2 aromatic rings. The number of thiocarbonyl (C=S) groups is 1. The first-order valence-electron chi connectivity index (χ1n) is 5.64. The summed E-state index contributed by atoms with van der Waals surface area (Å²) in [6.45, 7) is 0. The standard InChI is InChI=1S/C12H10N4O2S/c17-10-7-8(6-4-2-1-3-5-6)13-12(19)15-9(7)14-11(18)16-10/h1-5,8H,(H4,13,14,15,16,17,18,19). The first-order chi connectivity index (χ1) is 9.15. The lowest BCUT2D eigenvalue weighted by molar-refractivity contribution is 0.731. The van der Waals surface area contributed by atoms with Crippen molar-refractivity contribution in [3.63, 3.8) is 0 Å². The number of hydrogen-bond acceptors (Lipinski definition) is 3. The van der Waals surface area contributed by atoms with Gasteiger partial charge >= 0.3 is 5.69 Å². The van der Waals surface area contributed by atoms with Gasteiger partial charge in [0.25, 0.3) is 5.56 Å². The van der Waals surface area contributed by atoms with Crippen molar-refractivity contribution in [1.29, 1.82) is 0 Å². The van der Waals surface area contributed by atoms with Crippen molar-refractivity contribution in [2.75, 3.05) is 5.32 Å². The second-order valence-electron chi connectivity index (χ2n) is 4.14. The predicted octanol–water partition coefficient (Wildman–Crippen LogP) is 0.453. The number of aromatic nitrogens is 2. The van der Waals surface area contributed by atoms with Gasteiger partial charge in [-0.3, -0.25) is 14.8 Å². The third-order valence-electron chi connectivity index (χ3n) is 2.92. The summed E-state index contributed by atoms with van der Waals surface area (Å²) in [4.78, 5) is 28.0. The molecule has 7 heteroatoms. The molecule has 0 saturated heterocycles. The van der Waals surface area contributed by atoms with Gasteiger partial charge in [0.15, 0.2) is 5.11 Å². The first-order valence-corrected chi connectivity index (χ1v) is 6.05. The molecule has 0 aliphatic carbocycles. The van der Waals surface area contributed by atoms with Crippen LogP contribution in [0.1, 0.15) is 17.2 Å². The average molecular weight is 274 g/mol. The second-order valence-corrected chi connectivity index (χ2v) is 4.55. The van der Waals surface area contributed by atoms with E-state index in [1.165, 1.54) is 0 Å². The minimum atomic E-state index is -0.562. The molecule has 1 unspecified atom stereocenters. The van der Waals surface area contributed by atoms with Crippen molar-refractivity contribution in [1.82, 2.24) is 15.3 Å². The zero-order chi connectivity index (χ0) is 13.4. The van der Waals surface area contributed by atoms with Gasteiger partial charge in [0, 0.05) is 0 Å². The lowest BCUT2D eigenvalue weighted by Crippen LogP contribution is -2.44. The number of H-pyrrole nitrogens is 2. The summed E-state index contributed by atoms with van der Waals surface area (Å²) in [6, 6.07) is 9.04. The van der Waals surface area contributed by atoms with Gasteiger partial charge in [-0.2, -0.15) is 0 Å². The van der Waals surface area contributed by atoms with Crippen LogP contribution in [0.15, 0.2) is 39.9 Å². The normalized spacial score (nSPS) is 17.3. The lowest BCUT2D eigenvalue weighted by Gasteiger charge is -2.27. The molecule has 0 bridgehead atoms. The number of anilines is 1. The molecule has 1 aliphatic heterocycles. The van der Waals surface area contributed by atoms with Crippen LogP contribution >= 0.6 is 12.2 Å². The van der Waals surface area contributed by atoms with Crippen LogP contribution in [-0.2, 0) is 0 Å². The molecule has 19 heavy (non-hydrogen) atoms. The van der Waals surface area contributed by atoms with Crippen LogP contribution in [0.4, 0.5) is 5.82 Å². The summed E-state index contributed by atoms with van der Waals surface area (Å²) in [7, 11) is 0. The molecule has 1 atom stereocenters.